The molecule has 11 heteroatoms. The van der Waals surface area contributed by atoms with Crippen molar-refractivity contribution in [3.05, 3.63) is 74.6 Å². The molecular formula is C19H14ClF3N4O3. The molecule has 0 unspecified atom stereocenters. The first-order chi connectivity index (χ1) is 14.0. The number of aryl methyl sites for hydroxylation is 2. The summed E-state index contributed by atoms with van der Waals surface area (Å²) in [5, 5.41) is 14.1. The Morgan fingerprint density at radius 1 is 1.10 bits per heavy atom. The summed E-state index contributed by atoms with van der Waals surface area (Å²) in [7, 11) is 0. The molecule has 0 aliphatic carbocycles. The highest BCUT2D eigenvalue weighted by atomic mass is 35.5. The van der Waals surface area contributed by atoms with Crippen molar-refractivity contribution in [3.63, 3.8) is 0 Å². The first kappa shape index (κ1) is 21.3. The number of anilines is 2. The van der Waals surface area contributed by atoms with E-state index in [1.54, 1.807) is 12.1 Å². The average molecular weight is 439 g/mol. The number of nitrogens with one attached hydrogen (secondary N) is 1. The van der Waals surface area contributed by atoms with Crippen molar-refractivity contribution >= 4 is 28.8 Å². The predicted molar refractivity (Wildman–Crippen MR) is 104 cm³/mol. The molecule has 3 aromatic rings. The summed E-state index contributed by atoms with van der Waals surface area (Å²) in [6.07, 6.45) is -3.62. The number of ether oxygens (including phenoxy) is 1. The quantitative estimate of drug-likeness (QED) is 0.376. The van der Waals surface area contributed by atoms with E-state index >= 15 is 0 Å². The zero-order chi connectivity index (χ0) is 22.1. The van der Waals surface area contributed by atoms with Crippen LogP contribution in [0.5, 0.6) is 11.6 Å². The number of aromatic nitrogens is 2. The lowest BCUT2D eigenvalue weighted by molar-refractivity contribution is -0.385. The van der Waals surface area contributed by atoms with E-state index in [2.05, 4.69) is 15.3 Å². The van der Waals surface area contributed by atoms with Crippen molar-refractivity contribution in [3.8, 4) is 11.6 Å². The fourth-order valence-corrected chi connectivity index (χ4v) is 2.89. The molecule has 0 saturated heterocycles. The minimum Gasteiger partial charge on any atom is -0.434 e. The maximum absolute atomic E-state index is 13.0. The van der Waals surface area contributed by atoms with Crippen molar-refractivity contribution in [1.82, 2.24) is 9.97 Å². The minimum atomic E-state index is -4.62. The summed E-state index contributed by atoms with van der Waals surface area (Å²) >= 11 is 5.96. The van der Waals surface area contributed by atoms with Crippen LogP contribution in [-0.4, -0.2) is 14.9 Å². The summed E-state index contributed by atoms with van der Waals surface area (Å²) in [6, 6.07) is 7.79. The van der Waals surface area contributed by atoms with Crippen LogP contribution in [-0.2, 0) is 6.18 Å². The van der Waals surface area contributed by atoms with Crippen LogP contribution in [0.4, 0.5) is 30.4 Å². The van der Waals surface area contributed by atoms with Crippen LogP contribution in [0.25, 0.3) is 0 Å². The van der Waals surface area contributed by atoms with Crippen molar-refractivity contribution in [2.45, 2.75) is 20.0 Å². The van der Waals surface area contributed by atoms with Gasteiger partial charge in [0.15, 0.2) is 0 Å². The maximum Gasteiger partial charge on any atom is 0.416 e. The molecule has 2 aromatic carbocycles. The molecule has 1 N–H and O–H groups in total. The van der Waals surface area contributed by atoms with Gasteiger partial charge in [-0.25, -0.2) is 4.98 Å². The molecule has 7 nitrogen and oxygen atoms in total. The SMILES string of the molecule is Cc1cc(C)cc(Oc2ncnc(Nc3cc(C(F)(F)F)ccc3Cl)c2[N+](=O)[O-])c1. The van der Waals surface area contributed by atoms with Crippen molar-refractivity contribution in [2.75, 3.05) is 5.32 Å². The second kappa shape index (κ2) is 8.15. The van der Waals surface area contributed by atoms with Crippen molar-refractivity contribution in [1.29, 1.82) is 0 Å². The standard InChI is InChI=1S/C19H14ClF3N4O3/c1-10-5-11(2)7-13(6-10)30-18-16(27(28)29)17(24-9-25-18)26-15-8-12(19(21,22)23)3-4-14(15)20/h3-9H,1-2H3,(H,24,25,26). The molecule has 0 radical (unpaired) electrons. The second-order valence-corrected chi connectivity index (χ2v) is 6.78. The molecule has 0 bridgehead atoms. The van der Waals surface area contributed by atoms with Gasteiger partial charge in [0.1, 0.15) is 12.1 Å². The molecular weight excluding hydrogens is 425 g/mol. The highest BCUT2D eigenvalue weighted by molar-refractivity contribution is 6.33. The van der Waals surface area contributed by atoms with Gasteiger partial charge < -0.3 is 10.1 Å². The van der Waals surface area contributed by atoms with Gasteiger partial charge in [0, 0.05) is 0 Å². The number of benzene rings is 2. The van der Waals surface area contributed by atoms with Gasteiger partial charge in [-0.3, -0.25) is 10.1 Å². The summed E-state index contributed by atoms with van der Waals surface area (Å²) in [5.41, 5.74) is -0.0831. The lowest BCUT2D eigenvalue weighted by Gasteiger charge is -2.13. The largest absolute Gasteiger partial charge is 0.434 e. The van der Waals surface area contributed by atoms with Crippen LogP contribution >= 0.6 is 11.6 Å². The number of halogens is 4. The number of rotatable bonds is 5. The third-order valence-electron chi connectivity index (χ3n) is 3.93. The topological polar surface area (TPSA) is 90.2 Å². The predicted octanol–water partition coefficient (Wildman–Crippen LogP) is 6.21. The third-order valence-corrected chi connectivity index (χ3v) is 4.26. The molecule has 0 atom stereocenters. The molecule has 0 amide bonds. The van der Waals surface area contributed by atoms with Gasteiger partial charge in [0.25, 0.3) is 0 Å². The maximum atomic E-state index is 13.0. The fraction of sp³-hybridized carbons (Fsp3) is 0.158. The summed E-state index contributed by atoms with van der Waals surface area (Å²) in [4.78, 5) is 18.5. The van der Waals surface area contributed by atoms with Crippen molar-refractivity contribution in [2.24, 2.45) is 0 Å². The van der Waals surface area contributed by atoms with Crippen LogP contribution < -0.4 is 10.1 Å². The number of nitrogens with zero attached hydrogens (tertiary/aromatic N) is 3. The normalized spacial score (nSPS) is 11.3. The number of nitro groups is 1. The molecule has 0 aliphatic heterocycles. The summed E-state index contributed by atoms with van der Waals surface area (Å²) in [5.74, 6) is -0.418. The van der Waals surface area contributed by atoms with E-state index in [0.29, 0.717) is 5.75 Å². The Labute approximate surface area is 173 Å². The Kier molecular flexibility index (Phi) is 5.79. The van der Waals surface area contributed by atoms with Gasteiger partial charge in [0.05, 0.1) is 21.2 Å². The number of alkyl halides is 3. The van der Waals surface area contributed by atoms with Gasteiger partial charge >= 0.3 is 17.7 Å². The molecule has 0 saturated carbocycles. The van der Waals surface area contributed by atoms with E-state index in [-0.39, 0.29) is 22.4 Å². The average Bonchev–Trinajstić information content (AvgIpc) is 2.61. The van der Waals surface area contributed by atoms with Crippen LogP contribution in [0.15, 0.2) is 42.7 Å². The molecule has 30 heavy (non-hydrogen) atoms. The molecule has 0 aliphatic rings. The lowest BCUT2D eigenvalue weighted by Crippen LogP contribution is -2.07. The van der Waals surface area contributed by atoms with E-state index in [1.807, 2.05) is 19.9 Å². The van der Waals surface area contributed by atoms with E-state index in [1.165, 1.54) is 0 Å². The molecule has 156 valence electrons. The molecule has 0 fully saturated rings. The minimum absolute atomic E-state index is 0.0762. The van der Waals surface area contributed by atoms with Crippen LogP contribution in [0.1, 0.15) is 16.7 Å². The summed E-state index contributed by atoms with van der Waals surface area (Å²) < 4.78 is 44.6. The highest BCUT2D eigenvalue weighted by Gasteiger charge is 2.32. The zero-order valence-electron chi connectivity index (χ0n) is 15.6. The Bertz CT molecular complexity index is 1100. The monoisotopic (exact) mass is 438 g/mol. The highest BCUT2D eigenvalue weighted by Crippen LogP contribution is 2.39. The van der Waals surface area contributed by atoms with Gasteiger partial charge in [-0.2, -0.15) is 18.2 Å². The van der Waals surface area contributed by atoms with Crippen LogP contribution in [0, 0.1) is 24.0 Å². The molecule has 3 rings (SSSR count). The molecule has 0 spiro atoms. The smallest absolute Gasteiger partial charge is 0.416 e. The molecule has 1 aromatic heterocycles. The Hall–Kier alpha value is -3.40. The van der Waals surface area contributed by atoms with Crippen LogP contribution in [0.2, 0.25) is 5.02 Å². The Morgan fingerprint density at radius 2 is 1.77 bits per heavy atom. The Morgan fingerprint density at radius 3 is 2.37 bits per heavy atom. The van der Waals surface area contributed by atoms with Crippen molar-refractivity contribution < 1.29 is 22.8 Å². The van der Waals surface area contributed by atoms with E-state index in [4.69, 9.17) is 16.3 Å². The number of hydrogen-bond donors (Lipinski definition) is 1. The Balaban J connectivity index is 2.03. The van der Waals surface area contributed by atoms with E-state index in [0.717, 1.165) is 35.7 Å². The van der Waals surface area contributed by atoms with Gasteiger partial charge in [-0.1, -0.05) is 17.7 Å². The van der Waals surface area contributed by atoms with Gasteiger partial charge in [-0.15, -0.1) is 0 Å². The van der Waals surface area contributed by atoms with Gasteiger partial charge in [-0.05, 0) is 55.3 Å². The zero-order valence-corrected chi connectivity index (χ0v) is 16.4. The summed E-state index contributed by atoms with van der Waals surface area (Å²) in [6.45, 7) is 3.66. The number of hydrogen-bond acceptors (Lipinski definition) is 6. The van der Waals surface area contributed by atoms with E-state index in [9.17, 15) is 23.3 Å². The fourth-order valence-electron chi connectivity index (χ4n) is 2.72. The van der Waals surface area contributed by atoms with Crippen LogP contribution in [0.3, 0.4) is 0 Å². The molecule has 1 heterocycles. The van der Waals surface area contributed by atoms with Gasteiger partial charge in [0.2, 0.25) is 5.82 Å². The first-order valence-corrected chi connectivity index (χ1v) is 8.81. The lowest BCUT2D eigenvalue weighted by atomic mass is 10.1. The first-order valence-electron chi connectivity index (χ1n) is 8.44. The third kappa shape index (κ3) is 4.77. The second-order valence-electron chi connectivity index (χ2n) is 6.38. The van der Waals surface area contributed by atoms with E-state index < -0.39 is 22.4 Å².